The molecule has 2 rings (SSSR count). The third-order valence-electron chi connectivity index (χ3n) is 2.63. The minimum atomic E-state index is -3.10. The fraction of sp³-hybridized carbons (Fsp3) is 0.167. The van der Waals surface area contributed by atoms with Crippen molar-refractivity contribution < 1.29 is 22.3 Å². The molecule has 20 heavy (non-hydrogen) atoms. The molecule has 8 nitrogen and oxygen atoms in total. The summed E-state index contributed by atoms with van der Waals surface area (Å²) in [7, 11) is 1.36. The molecule has 2 aromatic rings. The first-order valence-corrected chi connectivity index (χ1v) is 5.34. The summed E-state index contributed by atoms with van der Waals surface area (Å²) in [5, 5.41) is 19.7. The highest BCUT2D eigenvalue weighted by Crippen LogP contribution is 2.22. The van der Waals surface area contributed by atoms with E-state index in [0.29, 0.717) is 5.52 Å². The average Bonchev–Trinajstić information content (AvgIpc) is 2.43. The van der Waals surface area contributed by atoms with Gasteiger partial charge in [0, 0.05) is 24.6 Å². The zero-order valence-corrected chi connectivity index (χ0v) is 10.2. The van der Waals surface area contributed by atoms with Crippen LogP contribution < -0.4 is 10.3 Å². The lowest BCUT2D eigenvalue weighted by molar-refractivity contribution is -0.384. The molecule has 104 valence electrons. The van der Waals surface area contributed by atoms with E-state index in [4.69, 9.17) is 7.85 Å². The average molecular weight is 280 g/mol. The lowest BCUT2D eigenvalue weighted by Gasteiger charge is -2.08. The molecule has 0 atom stereocenters. The van der Waals surface area contributed by atoms with Crippen LogP contribution in [0.15, 0.2) is 29.1 Å². The minimum absolute atomic E-state index is 0.224. The maximum Gasteiger partial charge on any atom is 0.341 e. The first kappa shape index (κ1) is 11.0. The van der Waals surface area contributed by atoms with Crippen molar-refractivity contribution in [1.29, 1.82) is 0 Å². The summed E-state index contributed by atoms with van der Waals surface area (Å²) in [4.78, 5) is 32.9. The van der Waals surface area contributed by atoms with E-state index in [0.717, 1.165) is 10.6 Å². The Morgan fingerprint density at radius 1 is 1.55 bits per heavy atom. The number of nitro benzene ring substituents is 1. The lowest BCUT2D eigenvalue weighted by Crippen LogP contribution is -2.21. The van der Waals surface area contributed by atoms with Gasteiger partial charge in [0.05, 0.1) is 13.2 Å². The van der Waals surface area contributed by atoms with Gasteiger partial charge in [0.15, 0.2) is 12.3 Å². The molecule has 8 heteroatoms. The highest BCUT2D eigenvalue weighted by atomic mass is 16.6. The van der Waals surface area contributed by atoms with Gasteiger partial charge in [-0.15, -0.1) is 0 Å². The van der Waals surface area contributed by atoms with Gasteiger partial charge in [0.2, 0.25) is 0 Å². The van der Waals surface area contributed by atoms with Crippen molar-refractivity contribution >= 4 is 22.6 Å². The number of aromatic nitrogens is 1. The molecule has 1 aromatic carbocycles. The number of hydrogen-bond donors (Lipinski definition) is 1. The Bertz CT molecular complexity index is 845. The summed E-state index contributed by atoms with van der Waals surface area (Å²) >= 11 is 0. The van der Waals surface area contributed by atoms with Crippen LogP contribution in [-0.4, -0.2) is 27.1 Å². The number of carboxylic acid groups (broad SMARTS) is 1. The number of aryl methyl sites for hydroxylation is 1. The molecule has 0 saturated heterocycles. The second-order valence-corrected chi connectivity index (χ2v) is 3.88. The van der Waals surface area contributed by atoms with Gasteiger partial charge in [0.25, 0.3) is 11.2 Å². The van der Waals surface area contributed by atoms with E-state index in [9.17, 15) is 19.7 Å². The molecular formula is C12H10N2O6. The summed E-state index contributed by atoms with van der Waals surface area (Å²) in [5.41, 5.74) is -0.622. The third kappa shape index (κ3) is 2.44. The van der Waals surface area contributed by atoms with Crippen molar-refractivity contribution in [2.45, 2.75) is 0 Å². The Kier molecular flexibility index (Phi) is 2.74. The van der Waals surface area contributed by atoms with Crippen LogP contribution in [-0.2, 0) is 11.8 Å². The number of carboxylic acids is 1. The Morgan fingerprint density at radius 3 is 2.85 bits per heavy atom. The molecule has 0 saturated carbocycles. The fourth-order valence-corrected chi connectivity index (χ4v) is 1.73. The van der Waals surface area contributed by atoms with E-state index in [-0.39, 0.29) is 11.1 Å². The fourth-order valence-electron chi connectivity index (χ4n) is 1.73. The normalized spacial score (nSPS) is 12.7. The van der Waals surface area contributed by atoms with Gasteiger partial charge in [-0.3, -0.25) is 14.9 Å². The van der Waals surface area contributed by atoms with Crippen molar-refractivity contribution in [1.82, 2.24) is 4.57 Å². The standard InChI is InChI=1S/C12H10N2O6/c1-13-9-3-2-8(14(18)19)4-7(9)5-10(12(13)17)20-6-11(15)16/h2-5H,6H2,1H3,(H,15,16)/i6D2. The van der Waals surface area contributed by atoms with Crippen molar-refractivity contribution in [2.24, 2.45) is 7.05 Å². The smallest absolute Gasteiger partial charge is 0.341 e. The first-order valence-electron chi connectivity index (χ1n) is 6.34. The molecule has 0 bridgehead atoms. The van der Waals surface area contributed by atoms with Crippen molar-refractivity contribution in [3.05, 3.63) is 44.7 Å². The van der Waals surface area contributed by atoms with Gasteiger partial charge >= 0.3 is 5.97 Å². The van der Waals surface area contributed by atoms with Crippen molar-refractivity contribution in [2.75, 3.05) is 6.56 Å². The number of rotatable bonds is 4. The summed E-state index contributed by atoms with van der Waals surface area (Å²) in [6.45, 7) is -3.10. The Morgan fingerprint density at radius 2 is 2.25 bits per heavy atom. The van der Waals surface area contributed by atoms with Gasteiger partial charge in [-0.2, -0.15) is 0 Å². The molecule has 0 amide bonds. The number of nitro groups is 1. The van der Waals surface area contributed by atoms with Crippen LogP contribution in [0.5, 0.6) is 5.75 Å². The number of fused-ring (bicyclic) bond motifs is 1. The molecule has 1 aromatic heterocycles. The van der Waals surface area contributed by atoms with Crippen molar-refractivity contribution in [3.8, 4) is 5.75 Å². The Labute approximate surface area is 114 Å². The summed E-state index contributed by atoms with van der Waals surface area (Å²) in [5.74, 6) is -2.45. The van der Waals surface area contributed by atoms with E-state index in [1.807, 2.05) is 0 Å². The molecule has 0 radical (unpaired) electrons. The zero-order chi connectivity index (χ0) is 16.7. The Balaban J connectivity index is 2.65. The maximum absolute atomic E-state index is 12.0. The monoisotopic (exact) mass is 280 g/mol. The van der Waals surface area contributed by atoms with E-state index in [2.05, 4.69) is 4.74 Å². The molecule has 0 aliphatic rings. The number of ether oxygens (including phenoxy) is 1. The predicted octanol–water partition coefficient (Wildman–Crippen LogP) is 0.910. The maximum atomic E-state index is 12.0. The van der Waals surface area contributed by atoms with Gasteiger partial charge in [-0.05, 0) is 12.1 Å². The number of aliphatic carboxylic acids is 1. The summed E-state index contributed by atoms with van der Waals surface area (Å²) in [6.07, 6.45) is 0. The van der Waals surface area contributed by atoms with Gasteiger partial charge in [0.1, 0.15) is 0 Å². The molecule has 0 aliphatic heterocycles. The molecule has 0 aliphatic carbocycles. The van der Waals surface area contributed by atoms with Crippen LogP contribution in [0.1, 0.15) is 2.74 Å². The van der Waals surface area contributed by atoms with Crippen LogP contribution >= 0.6 is 0 Å². The molecule has 1 heterocycles. The molecule has 0 unspecified atom stereocenters. The van der Waals surface area contributed by atoms with E-state index >= 15 is 0 Å². The van der Waals surface area contributed by atoms with E-state index in [1.165, 1.54) is 25.2 Å². The SMILES string of the molecule is [2H]C([2H])(Oc1cc2cc([N+](=O)[O-])ccc2n(C)c1=O)C(=O)O. The topological polar surface area (TPSA) is 112 Å². The van der Waals surface area contributed by atoms with E-state index < -0.39 is 28.8 Å². The number of carbonyl (C=O) groups is 1. The highest BCUT2D eigenvalue weighted by molar-refractivity contribution is 5.82. The molecular weight excluding hydrogens is 268 g/mol. The molecule has 1 N–H and O–H groups in total. The Hall–Kier alpha value is -2.90. The van der Waals surface area contributed by atoms with Gasteiger partial charge in [-0.25, -0.2) is 4.79 Å². The minimum Gasteiger partial charge on any atom is -0.479 e. The van der Waals surface area contributed by atoms with Crippen LogP contribution in [0.4, 0.5) is 5.69 Å². The second kappa shape index (κ2) is 5.00. The summed E-state index contributed by atoms with van der Waals surface area (Å²) in [6, 6.07) is 4.84. The molecule has 0 fully saturated rings. The van der Waals surface area contributed by atoms with Gasteiger partial charge in [-0.1, -0.05) is 0 Å². The van der Waals surface area contributed by atoms with Crippen LogP contribution in [0, 0.1) is 10.1 Å². The number of benzene rings is 1. The second-order valence-electron chi connectivity index (χ2n) is 3.88. The largest absolute Gasteiger partial charge is 0.479 e. The first-order chi connectivity index (χ1) is 10.1. The highest BCUT2D eigenvalue weighted by Gasteiger charge is 2.12. The zero-order valence-electron chi connectivity index (χ0n) is 12.2. The number of non-ortho nitro benzene ring substituents is 1. The van der Waals surface area contributed by atoms with E-state index in [1.54, 1.807) is 0 Å². The summed E-state index contributed by atoms with van der Waals surface area (Å²) < 4.78 is 20.1. The quantitative estimate of drug-likeness (QED) is 0.658. The number of pyridine rings is 1. The predicted molar refractivity (Wildman–Crippen MR) is 69.0 cm³/mol. The third-order valence-corrected chi connectivity index (χ3v) is 2.63. The van der Waals surface area contributed by atoms with Crippen LogP contribution in [0.25, 0.3) is 10.9 Å². The lowest BCUT2D eigenvalue weighted by atomic mass is 10.2. The van der Waals surface area contributed by atoms with Crippen LogP contribution in [0.3, 0.4) is 0 Å². The number of nitrogens with zero attached hydrogens (tertiary/aromatic N) is 2. The number of hydrogen-bond acceptors (Lipinski definition) is 5. The van der Waals surface area contributed by atoms with Crippen molar-refractivity contribution in [3.63, 3.8) is 0 Å². The molecule has 0 spiro atoms. The van der Waals surface area contributed by atoms with Gasteiger partial charge < -0.3 is 14.4 Å². The van der Waals surface area contributed by atoms with Crippen LogP contribution in [0.2, 0.25) is 0 Å².